The van der Waals surface area contributed by atoms with Gasteiger partial charge < -0.3 is 15.8 Å². The van der Waals surface area contributed by atoms with Crippen LogP contribution in [0.2, 0.25) is 0 Å². The van der Waals surface area contributed by atoms with Gasteiger partial charge in [0.25, 0.3) is 5.91 Å². The van der Waals surface area contributed by atoms with E-state index in [9.17, 15) is 4.79 Å². The number of rotatable bonds is 7. The molecule has 126 valence electrons. The fraction of sp³-hybridized carbons (Fsp3) is 0.375. The molecule has 23 heavy (non-hydrogen) atoms. The highest BCUT2D eigenvalue weighted by Crippen LogP contribution is 2.14. The van der Waals surface area contributed by atoms with Gasteiger partial charge in [-0.1, -0.05) is 26.0 Å². The Balaban J connectivity index is 0.00000264. The number of thiazole rings is 1. The molecule has 0 aliphatic carbocycles. The number of amides is 1. The number of aromatic nitrogens is 1. The summed E-state index contributed by atoms with van der Waals surface area (Å²) in [6.07, 6.45) is 0. The highest BCUT2D eigenvalue weighted by molar-refractivity contribution is 7.09. The molecule has 0 aliphatic rings. The molecule has 1 aromatic heterocycles. The second-order valence-electron chi connectivity index (χ2n) is 5.37. The summed E-state index contributed by atoms with van der Waals surface area (Å²) in [5, 5.41) is 5.33. The van der Waals surface area contributed by atoms with Gasteiger partial charge in [-0.05, 0) is 23.6 Å². The number of hydrogen-bond acceptors (Lipinski definition) is 5. The lowest BCUT2D eigenvalue weighted by Gasteiger charge is -2.10. The molecule has 2 rings (SSSR count). The van der Waals surface area contributed by atoms with Crippen LogP contribution in [-0.4, -0.2) is 17.5 Å². The van der Waals surface area contributed by atoms with E-state index < -0.39 is 0 Å². The molecule has 0 spiro atoms. The van der Waals surface area contributed by atoms with Crippen LogP contribution >= 0.6 is 23.7 Å². The van der Waals surface area contributed by atoms with E-state index in [0.29, 0.717) is 31.3 Å². The van der Waals surface area contributed by atoms with Gasteiger partial charge in [-0.2, -0.15) is 0 Å². The summed E-state index contributed by atoms with van der Waals surface area (Å²) in [4.78, 5) is 16.2. The summed E-state index contributed by atoms with van der Waals surface area (Å²) >= 11 is 1.39. The third-order valence-corrected chi connectivity index (χ3v) is 3.76. The first-order valence-electron chi connectivity index (χ1n) is 7.23. The second kappa shape index (κ2) is 9.50. The van der Waals surface area contributed by atoms with Crippen molar-refractivity contribution in [1.82, 2.24) is 10.3 Å². The SMILES string of the molecule is CC(C)COc1cccc(CNC(=O)c2csc(CN)n2)c1.Cl. The number of halogens is 1. The number of nitrogens with zero attached hydrogens (tertiary/aromatic N) is 1. The molecule has 2 aromatic rings. The largest absolute Gasteiger partial charge is 0.493 e. The lowest BCUT2D eigenvalue weighted by atomic mass is 10.2. The van der Waals surface area contributed by atoms with Crippen molar-refractivity contribution >= 4 is 29.7 Å². The molecular formula is C16H22ClN3O2S. The molecule has 0 atom stereocenters. The molecule has 3 N–H and O–H groups in total. The molecule has 0 aliphatic heterocycles. The number of nitrogens with one attached hydrogen (secondary N) is 1. The van der Waals surface area contributed by atoms with Crippen LogP contribution in [0.25, 0.3) is 0 Å². The molecule has 1 aromatic carbocycles. The van der Waals surface area contributed by atoms with Gasteiger partial charge in [0.2, 0.25) is 0 Å². The first-order chi connectivity index (χ1) is 10.6. The molecule has 0 fully saturated rings. The Morgan fingerprint density at radius 1 is 1.43 bits per heavy atom. The predicted octanol–water partition coefficient (Wildman–Crippen LogP) is 2.99. The molecule has 5 nitrogen and oxygen atoms in total. The van der Waals surface area contributed by atoms with Gasteiger partial charge in [0.05, 0.1) is 6.61 Å². The average Bonchev–Trinajstić information content (AvgIpc) is 3.00. The van der Waals surface area contributed by atoms with Crippen LogP contribution in [0.4, 0.5) is 0 Å². The Morgan fingerprint density at radius 2 is 2.22 bits per heavy atom. The van der Waals surface area contributed by atoms with Gasteiger partial charge in [0, 0.05) is 18.5 Å². The van der Waals surface area contributed by atoms with Crippen LogP contribution < -0.4 is 15.8 Å². The van der Waals surface area contributed by atoms with E-state index in [1.165, 1.54) is 11.3 Å². The fourth-order valence-electron chi connectivity index (χ4n) is 1.79. The van der Waals surface area contributed by atoms with E-state index in [2.05, 4.69) is 24.1 Å². The Kier molecular flexibility index (Phi) is 8.02. The topological polar surface area (TPSA) is 77.2 Å². The van der Waals surface area contributed by atoms with E-state index in [0.717, 1.165) is 16.3 Å². The van der Waals surface area contributed by atoms with Crippen molar-refractivity contribution in [2.24, 2.45) is 11.7 Å². The summed E-state index contributed by atoms with van der Waals surface area (Å²) in [5.41, 5.74) is 6.90. The highest BCUT2D eigenvalue weighted by Gasteiger charge is 2.10. The number of carbonyl (C=O) groups is 1. The number of ether oxygens (including phenoxy) is 1. The fourth-order valence-corrected chi connectivity index (χ4v) is 2.44. The first kappa shape index (κ1) is 19.4. The predicted molar refractivity (Wildman–Crippen MR) is 95.2 cm³/mol. The van der Waals surface area contributed by atoms with Gasteiger partial charge in [0.15, 0.2) is 0 Å². The normalized spacial score (nSPS) is 10.3. The van der Waals surface area contributed by atoms with E-state index in [4.69, 9.17) is 10.5 Å². The number of hydrogen-bond donors (Lipinski definition) is 2. The Morgan fingerprint density at radius 3 is 2.87 bits per heavy atom. The van der Waals surface area contributed by atoms with E-state index >= 15 is 0 Å². The summed E-state index contributed by atoms with van der Waals surface area (Å²) in [7, 11) is 0. The number of benzene rings is 1. The molecular weight excluding hydrogens is 334 g/mol. The lowest BCUT2D eigenvalue weighted by Crippen LogP contribution is -2.23. The molecule has 0 bridgehead atoms. The van der Waals surface area contributed by atoms with Crippen molar-refractivity contribution in [3.8, 4) is 5.75 Å². The Labute approximate surface area is 146 Å². The van der Waals surface area contributed by atoms with Crippen molar-refractivity contribution in [3.63, 3.8) is 0 Å². The quantitative estimate of drug-likeness (QED) is 0.800. The van der Waals surface area contributed by atoms with Gasteiger partial charge >= 0.3 is 0 Å². The van der Waals surface area contributed by atoms with Crippen LogP contribution in [0.5, 0.6) is 5.75 Å². The summed E-state index contributed by atoms with van der Waals surface area (Å²) in [6.45, 7) is 5.68. The minimum absolute atomic E-state index is 0. The van der Waals surface area contributed by atoms with Crippen LogP contribution in [0.1, 0.15) is 34.9 Å². The van der Waals surface area contributed by atoms with Crippen molar-refractivity contribution in [2.75, 3.05) is 6.61 Å². The lowest BCUT2D eigenvalue weighted by molar-refractivity contribution is 0.0946. The standard InChI is InChI=1S/C16H21N3O2S.ClH/c1-11(2)9-21-13-5-3-4-12(6-13)8-18-16(20)14-10-22-15(7-17)19-14;/h3-6,10-11H,7-9,17H2,1-2H3,(H,18,20);1H. The maximum Gasteiger partial charge on any atom is 0.271 e. The van der Waals surface area contributed by atoms with Crippen molar-refractivity contribution in [3.05, 3.63) is 45.9 Å². The average molecular weight is 356 g/mol. The third kappa shape index (κ3) is 6.17. The van der Waals surface area contributed by atoms with Crippen LogP contribution in [0.3, 0.4) is 0 Å². The maximum absolute atomic E-state index is 12.0. The zero-order valence-electron chi connectivity index (χ0n) is 13.2. The molecule has 0 radical (unpaired) electrons. The summed E-state index contributed by atoms with van der Waals surface area (Å²) in [6, 6.07) is 7.73. The van der Waals surface area contributed by atoms with Crippen molar-refractivity contribution in [2.45, 2.75) is 26.9 Å². The summed E-state index contributed by atoms with van der Waals surface area (Å²) < 4.78 is 5.68. The highest BCUT2D eigenvalue weighted by atomic mass is 35.5. The summed E-state index contributed by atoms with van der Waals surface area (Å²) in [5.74, 6) is 1.11. The van der Waals surface area contributed by atoms with Gasteiger partial charge in [-0.15, -0.1) is 23.7 Å². The Hall–Kier alpha value is -1.63. The molecule has 1 heterocycles. The Bertz CT molecular complexity index is 631. The monoisotopic (exact) mass is 355 g/mol. The minimum Gasteiger partial charge on any atom is -0.493 e. The maximum atomic E-state index is 12.0. The molecule has 0 unspecified atom stereocenters. The first-order valence-corrected chi connectivity index (χ1v) is 8.11. The number of carbonyl (C=O) groups excluding carboxylic acids is 1. The van der Waals surface area contributed by atoms with E-state index in [1.54, 1.807) is 5.38 Å². The van der Waals surface area contributed by atoms with E-state index in [1.807, 2.05) is 24.3 Å². The molecule has 0 saturated heterocycles. The minimum atomic E-state index is -0.190. The number of nitrogens with two attached hydrogens (primary N) is 1. The zero-order valence-corrected chi connectivity index (χ0v) is 14.9. The van der Waals surface area contributed by atoms with Gasteiger partial charge in [0.1, 0.15) is 16.5 Å². The zero-order chi connectivity index (χ0) is 15.9. The third-order valence-electron chi connectivity index (χ3n) is 2.89. The van der Waals surface area contributed by atoms with Gasteiger partial charge in [-0.3, -0.25) is 4.79 Å². The smallest absolute Gasteiger partial charge is 0.271 e. The second-order valence-corrected chi connectivity index (χ2v) is 6.31. The van der Waals surface area contributed by atoms with E-state index in [-0.39, 0.29) is 18.3 Å². The van der Waals surface area contributed by atoms with Crippen LogP contribution in [0, 0.1) is 5.92 Å². The molecule has 1 amide bonds. The van der Waals surface area contributed by atoms with Crippen LogP contribution in [-0.2, 0) is 13.1 Å². The van der Waals surface area contributed by atoms with Crippen molar-refractivity contribution < 1.29 is 9.53 Å². The van der Waals surface area contributed by atoms with Crippen LogP contribution in [0.15, 0.2) is 29.6 Å². The van der Waals surface area contributed by atoms with Gasteiger partial charge in [-0.25, -0.2) is 4.98 Å². The van der Waals surface area contributed by atoms with Crippen molar-refractivity contribution in [1.29, 1.82) is 0 Å². The molecule has 7 heteroatoms. The molecule has 0 saturated carbocycles.